The number of anilines is 2. The summed E-state index contributed by atoms with van der Waals surface area (Å²) in [5.74, 6) is 1.48. The van der Waals surface area contributed by atoms with E-state index in [1.54, 1.807) is 18.5 Å². The van der Waals surface area contributed by atoms with Gasteiger partial charge in [0, 0.05) is 67.3 Å². The molecule has 1 fully saturated rings. The Balaban J connectivity index is 1.69. The maximum absolute atomic E-state index is 9.86. The Labute approximate surface area is 162 Å². The topological polar surface area (TPSA) is 110 Å². The normalized spacial score (nSPS) is 15.9. The molecular formula is C20H20N8. The summed E-state index contributed by atoms with van der Waals surface area (Å²) in [6.07, 6.45) is 8.39. The average Bonchev–Trinajstić information content (AvgIpc) is 3.49. The maximum Gasteiger partial charge on any atom is 0.225 e. The van der Waals surface area contributed by atoms with Gasteiger partial charge in [0.15, 0.2) is 0 Å². The molecule has 0 spiro atoms. The quantitative estimate of drug-likeness (QED) is 0.750. The van der Waals surface area contributed by atoms with E-state index in [0.717, 1.165) is 48.2 Å². The number of hydrogen-bond acceptors (Lipinski definition) is 7. The summed E-state index contributed by atoms with van der Waals surface area (Å²) >= 11 is 0. The molecule has 4 heterocycles. The number of fused-ring (bicyclic) bond motifs is 1. The monoisotopic (exact) mass is 372 g/mol. The van der Waals surface area contributed by atoms with E-state index in [1.807, 2.05) is 17.9 Å². The number of aromatic nitrogens is 5. The Morgan fingerprint density at radius 1 is 1.25 bits per heavy atom. The van der Waals surface area contributed by atoms with E-state index < -0.39 is 0 Å². The SMILES string of the molecule is Cn1ncc(-c2c(C#N)c(N)nc3c2CN(c2ncccn2)CC3)c1C1CC1. The van der Waals surface area contributed by atoms with Crippen molar-refractivity contribution in [2.24, 2.45) is 7.05 Å². The van der Waals surface area contributed by atoms with Gasteiger partial charge in [-0.3, -0.25) is 4.68 Å². The fraction of sp³-hybridized carbons (Fsp3) is 0.350. The van der Waals surface area contributed by atoms with Crippen molar-refractivity contribution in [3.63, 3.8) is 0 Å². The first-order valence-corrected chi connectivity index (χ1v) is 9.43. The van der Waals surface area contributed by atoms with Crippen LogP contribution in [-0.4, -0.2) is 31.3 Å². The minimum absolute atomic E-state index is 0.297. The summed E-state index contributed by atoms with van der Waals surface area (Å²) in [5.41, 5.74) is 11.7. The summed E-state index contributed by atoms with van der Waals surface area (Å²) in [6, 6.07) is 4.09. The number of aryl methyl sites for hydroxylation is 1. The first-order valence-electron chi connectivity index (χ1n) is 9.43. The minimum Gasteiger partial charge on any atom is -0.383 e. The molecular weight excluding hydrogens is 352 g/mol. The van der Waals surface area contributed by atoms with Crippen molar-refractivity contribution in [3.05, 3.63) is 47.2 Å². The Hall–Kier alpha value is -3.47. The van der Waals surface area contributed by atoms with Crippen LogP contribution in [0.3, 0.4) is 0 Å². The average molecular weight is 372 g/mol. The van der Waals surface area contributed by atoms with Crippen molar-refractivity contribution in [1.82, 2.24) is 24.7 Å². The lowest BCUT2D eigenvalue weighted by Crippen LogP contribution is -2.33. The van der Waals surface area contributed by atoms with Gasteiger partial charge in [-0.2, -0.15) is 10.4 Å². The molecule has 0 atom stereocenters. The number of nitrogen functional groups attached to an aromatic ring is 1. The van der Waals surface area contributed by atoms with Gasteiger partial charge in [0.05, 0.1) is 11.9 Å². The minimum atomic E-state index is 0.297. The van der Waals surface area contributed by atoms with Gasteiger partial charge < -0.3 is 10.6 Å². The van der Waals surface area contributed by atoms with E-state index in [0.29, 0.717) is 29.8 Å². The zero-order valence-corrected chi connectivity index (χ0v) is 15.6. The Bertz CT molecular complexity index is 1090. The highest BCUT2D eigenvalue weighted by molar-refractivity contribution is 5.81. The lowest BCUT2D eigenvalue weighted by Gasteiger charge is -2.30. The molecule has 1 aliphatic heterocycles. The van der Waals surface area contributed by atoms with Crippen LogP contribution in [0.25, 0.3) is 11.1 Å². The molecule has 3 aromatic heterocycles. The van der Waals surface area contributed by atoms with Crippen molar-refractivity contribution < 1.29 is 0 Å². The predicted octanol–water partition coefficient (Wildman–Crippen LogP) is 2.17. The molecule has 0 amide bonds. The largest absolute Gasteiger partial charge is 0.383 e. The molecule has 1 aliphatic carbocycles. The van der Waals surface area contributed by atoms with E-state index in [9.17, 15) is 5.26 Å². The van der Waals surface area contributed by atoms with Gasteiger partial charge in [-0.25, -0.2) is 15.0 Å². The van der Waals surface area contributed by atoms with Crippen molar-refractivity contribution in [2.45, 2.75) is 31.7 Å². The van der Waals surface area contributed by atoms with E-state index in [2.05, 4.69) is 31.0 Å². The van der Waals surface area contributed by atoms with Crippen LogP contribution in [0.2, 0.25) is 0 Å². The van der Waals surface area contributed by atoms with Crippen LogP contribution in [0.15, 0.2) is 24.7 Å². The van der Waals surface area contributed by atoms with Crippen molar-refractivity contribution in [3.8, 4) is 17.2 Å². The summed E-state index contributed by atoms with van der Waals surface area (Å²) < 4.78 is 1.93. The summed E-state index contributed by atoms with van der Waals surface area (Å²) in [4.78, 5) is 15.5. The van der Waals surface area contributed by atoms with E-state index in [-0.39, 0.29) is 0 Å². The second-order valence-corrected chi connectivity index (χ2v) is 7.35. The van der Waals surface area contributed by atoms with Gasteiger partial charge in [0.1, 0.15) is 17.5 Å². The third-order valence-corrected chi connectivity index (χ3v) is 5.54. The molecule has 8 nitrogen and oxygen atoms in total. The highest BCUT2D eigenvalue weighted by atomic mass is 15.3. The molecule has 0 saturated heterocycles. The fourth-order valence-electron chi connectivity index (χ4n) is 4.10. The van der Waals surface area contributed by atoms with Gasteiger partial charge >= 0.3 is 0 Å². The molecule has 0 unspecified atom stereocenters. The van der Waals surface area contributed by atoms with Gasteiger partial charge in [-0.1, -0.05) is 0 Å². The van der Waals surface area contributed by atoms with Crippen LogP contribution in [0.1, 0.15) is 41.3 Å². The molecule has 0 aromatic carbocycles. The smallest absolute Gasteiger partial charge is 0.225 e. The first kappa shape index (κ1) is 16.7. The van der Waals surface area contributed by atoms with Gasteiger partial charge in [0.25, 0.3) is 0 Å². The van der Waals surface area contributed by atoms with Crippen molar-refractivity contribution in [1.29, 1.82) is 5.26 Å². The first-order chi connectivity index (χ1) is 13.7. The molecule has 28 heavy (non-hydrogen) atoms. The number of hydrogen-bond donors (Lipinski definition) is 1. The zero-order valence-electron chi connectivity index (χ0n) is 15.6. The van der Waals surface area contributed by atoms with Gasteiger partial charge in [-0.15, -0.1) is 0 Å². The molecule has 1 saturated carbocycles. The molecule has 2 N–H and O–H groups in total. The fourth-order valence-corrected chi connectivity index (χ4v) is 4.10. The summed E-state index contributed by atoms with van der Waals surface area (Å²) in [6.45, 7) is 1.35. The molecule has 3 aromatic rings. The van der Waals surface area contributed by atoms with Crippen LogP contribution >= 0.6 is 0 Å². The summed E-state index contributed by atoms with van der Waals surface area (Å²) in [7, 11) is 1.96. The number of rotatable bonds is 3. The Kier molecular flexibility index (Phi) is 3.76. The standard InChI is InChI=1S/C20H20N8/c1-27-18(12-3-4-12)14(10-25-27)17-13(9-21)19(22)26-16-5-8-28(11-15(16)17)20-23-6-2-7-24-20/h2,6-7,10,12H,3-5,8,11H2,1H3,(H2,22,26). The van der Waals surface area contributed by atoms with E-state index in [4.69, 9.17) is 5.73 Å². The second kappa shape index (κ2) is 6.30. The van der Waals surface area contributed by atoms with Gasteiger partial charge in [0.2, 0.25) is 5.95 Å². The predicted molar refractivity (Wildman–Crippen MR) is 104 cm³/mol. The van der Waals surface area contributed by atoms with Crippen molar-refractivity contribution >= 4 is 11.8 Å². The van der Waals surface area contributed by atoms with Crippen molar-refractivity contribution in [2.75, 3.05) is 17.2 Å². The molecule has 0 bridgehead atoms. The Morgan fingerprint density at radius 2 is 2.04 bits per heavy atom. The lowest BCUT2D eigenvalue weighted by atomic mass is 9.90. The van der Waals surface area contributed by atoms with E-state index >= 15 is 0 Å². The third kappa shape index (κ3) is 2.59. The molecule has 140 valence electrons. The molecule has 8 heteroatoms. The highest BCUT2D eigenvalue weighted by Crippen LogP contribution is 2.46. The number of nitrogens with two attached hydrogens (primary N) is 1. The molecule has 2 aliphatic rings. The highest BCUT2D eigenvalue weighted by Gasteiger charge is 2.33. The van der Waals surface area contributed by atoms with Gasteiger partial charge in [-0.05, 0) is 18.9 Å². The Morgan fingerprint density at radius 3 is 2.75 bits per heavy atom. The number of pyridine rings is 1. The van der Waals surface area contributed by atoms with Crippen LogP contribution in [0.4, 0.5) is 11.8 Å². The number of nitrogens with zero attached hydrogens (tertiary/aromatic N) is 7. The van der Waals surface area contributed by atoms with Crippen LogP contribution in [-0.2, 0) is 20.0 Å². The molecule has 5 rings (SSSR count). The maximum atomic E-state index is 9.86. The molecule has 0 radical (unpaired) electrons. The lowest BCUT2D eigenvalue weighted by molar-refractivity contribution is 0.692. The third-order valence-electron chi connectivity index (χ3n) is 5.54. The summed E-state index contributed by atoms with van der Waals surface area (Å²) in [5, 5.41) is 14.4. The van der Waals surface area contributed by atoms with E-state index in [1.165, 1.54) is 5.69 Å². The number of nitriles is 1. The van der Waals surface area contributed by atoms with Crippen LogP contribution in [0, 0.1) is 11.3 Å². The second-order valence-electron chi connectivity index (χ2n) is 7.35. The zero-order chi connectivity index (χ0) is 19.3. The van der Waals surface area contributed by atoms with Crippen LogP contribution in [0.5, 0.6) is 0 Å². The van der Waals surface area contributed by atoms with Crippen LogP contribution < -0.4 is 10.6 Å².